The fraction of sp³-hybridized carbons (Fsp3) is 0.250. The molecule has 0 aliphatic carbocycles. The van der Waals surface area contributed by atoms with E-state index in [-0.39, 0.29) is 18.5 Å². The lowest BCUT2D eigenvalue weighted by Gasteiger charge is -2.06. The predicted octanol–water partition coefficient (Wildman–Crippen LogP) is 3.09. The summed E-state index contributed by atoms with van der Waals surface area (Å²) < 4.78 is 10.4. The van der Waals surface area contributed by atoms with Gasteiger partial charge in [-0.05, 0) is 43.2 Å². The Hall–Kier alpha value is -3.15. The first-order valence-corrected chi connectivity index (χ1v) is 8.37. The summed E-state index contributed by atoms with van der Waals surface area (Å²) in [7, 11) is 0. The lowest BCUT2D eigenvalue weighted by Crippen LogP contribution is -2.24. The molecule has 0 aliphatic rings. The second-order valence-electron chi connectivity index (χ2n) is 5.66. The van der Waals surface area contributed by atoms with E-state index in [1.165, 1.54) is 0 Å². The maximum absolute atomic E-state index is 11.7. The first-order chi connectivity index (χ1) is 12.6. The number of aryl methyl sites for hydroxylation is 1. The Morgan fingerprint density at radius 1 is 1.15 bits per heavy atom. The number of nitrogens with zero attached hydrogens (tertiary/aromatic N) is 1. The van der Waals surface area contributed by atoms with Crippen molar-refractivity contribution in [2.75, 3.05) is 13.2 Å². The number of carbonyl (C=O) groups is 2. The predicted molar refractivity (Wildman–Crippen MR) is 99.4 cm³/mol. The Kier molecular flexibility index (Phi) is 7.36. The monoisotopic (exact) mass is 354 g/mol. The molecule has 0 radical (unpaired) electrons. The summed E-state index contributed by atoms with van der Waals surface area (Å²) in [5, 5.41) is 3.90. The molecular formula is C20H22N2O4. The SMILES string of the molecule is CCCOC(=O)c1ccc(OCC(=O)N/N=C/c2cccc(C)c2)cc1. The molecule has 136 valence electrons. The van der Waals surface area contributed by atoms with Crippen LogP contribution < -0.4 is 10.2 Å². The molecule has 2 aromatic rings. The van der Waals surface area contributed by atoms with Gasteiger partial charge in [-0.25, -0.2) is 10.2 Å². The molecule has 0 spiro atoms. The standard InChI is InChI=1S/C20H22N2O4/c1-3-11-25-20(24)17-7-9-18(10-8-17)26-14-19(23)22-21-13-16-6-4-5-15(2)12-16/h4-10,12-13H,3,11,14H2,1-2H3,(H,22,23)/b21-13+. The lowest BCUT2D eigenvalue weighted by molar-refractivity contribution is -0.123. The molecule has 26 heavy (non-hydrogen) atoms. The van der Waals surface area contributed by atoms with Crippen molar-refractivity contribution in [3.05, 3.63) is 65.2 Å². The minimum absolute atomic E-state index is 0.176. The van der Waals surface area contributed by atoms with E-state index in [4.69, 9.17) is 9.47 Å². The van der Waals surface area contributed by atoms with Gasteiger partial charge in [0.05, 0.1) is 18.4 Å². The minimum atomic E-state index is -0.375. The normalized spacial score (nSPS) is 10.5. The van der Waals surface area contributed by atoms with Crippen molar-refractivity contribution in [2.24, 2.45) is 5.10 Å². The zero-order chi connectivity index (χ0) is 18.8. The molecule has 0 atom stereocenters. The van der Waals surface area contributed by atoms with Crippen molar-refractivity contribution in [1.29, 1.82) is 0 Å². The highest BCUT2D eigenvalue weighted by Crippen LogP contribution is 2.13. The number of rotatable bonds is 8. The molecule has 0 aliphatic heterocycles. The molecule has 0 unspecified atom stereocenters. The molecule has 0 bridgehead atoms. The molecule has 0 heterocycles. The first-order valence-electron chi connectivity index (χ1n) is 8.37. The van der Waals surface area contributed by atoms with E-state index in [2.05, 4.69) is 10.5 Å². The largest absolute Gasteiger partial charge is 0.484 e. The third-order valence-electron chi connectivity index (χ3n) is 3.34. The Balaban J connectivity index is 1.77. The smallest absolute Gasteiger partial charge is 0.338 e. The molecule has 6 nitrogen and oxygen atoms in total. The van der Waals surface area contributed by atoms with Gasteiger partial charge in [0.2, 0.25) is 0 Å². The Morgan fingerprint density at radius 3 is 2.62 bits per heavy atom. The molecule has 0 saturated carbocycles. The number of carbonyl (C=O) groups excluding carboxylic acids is 2. The number of amides is 1. The Morgan fingerprint density at radius 2 is 1.92 bits per heavy atom. The summed E-state index contributed by atoms with van der Waals surface area (Å²) in [5.41, 5.74) is 4.86. The van der Waals surface area contributed by atoms with Crippen LogP contribution in [-0.4, -0.2) is 31.3 Å². The van der Waals surface area contributed by atoms with Crippen LogP contribution in [0.2, 0.25) is 0 Å². The van der Waals surface area contributed by atoms with Crippen molar-refractivity contribution in [3.63, 3.8) is 0 Å². The van der Waals surface area contributed by atoms with E-state index in [1.54, 1.807) is 30.5 Å². The second kappa shape index (κ2) is 9.98. The molecular weight excluding hydrogens is 332 g/mol. The minimum Gasteiger partial charge on any atom is -0.484 e. The van der Waals surface area contributed by atoms with Crippen LogP contribution in [0.1, 0.15) is 34.8 Å². The van der Waals surface area contributed by atoms with E-state index in [9.17, 15) is 9.59 Å². The summed E-state index contributed by atoms with van der Waals surface area (Å²) in [6, 6.07) is 14.2. The van der Waals surface area contributed by atoms with Crippen LogP contribution in [0.5, 0.6) is 5.75 Å². The van der Waals surface area contributed by atoms with Crippen LogP contribution >= 0.6 is 0 Å². The summed E-state index contributed by atoms with van der Waals surface area (Å²) in [5.74, 6) is -0.267. The molecule has 1 amide bonds. The average molecular weight is 354 g/mol. The van der Waals surface area contributed by atoms with Crippen LogP contribution in [0.3, 0.4) is 0 Å². The van der Waals surface area contributed by atoms with E-state index in [1.807, 2.05) is 38.1 Å². The molecule has 1 N–H and O–H groups in total. The average Bonchev–Trinajstić information content (AvgIpc) is 2.65. The van der Waals surface area contributed by atoms with Gasteiger partial charge >= 0.3 is 5.97 Å². The summed E-state index contributed by atoms with van der Waals surface area (Å²) in [6.07, 6.45) is 2.34. The highest BCUT2D eigenvalue weighted by Gasteiger charge is 2.07. The van der Waals surface area contributed by atoms with Gasteiger partial charge in [0.1, 0.15) is 5.75 Å². The molecule has 0 aromatic heterocycles. The van der Waals surface area contributed by atoms with Gasteiger partial charge in [0.25, 0.3) is 5.91 Å². The third kappa shape index (κ3) is 6.39. The van der Waals surface area contributed by atoms with Crippen molar-refractivity contribution in [1.82, 2.24) is 5.43 Å². The number of benzene rings is 2. The van der Waals surface area contributed by atoms with Gasteiger partial charge in [-0.15, -0.1) is 0 Å². The zero-order valence-electron chi connectivity index (χ0n) is 14.9. The van der Waals surface area contributed by atoms with E-state index in [0.29, 0.717) is 17.9 Å². The van der Waals surface area contributed by atoms with E-state index < -0.39 is 0 Å². The van der Waals surface area contributed by atoms with Crippen LogP contribution in [-0.2, 0) is 9.53 Å². The Labute approximate surface area is 152 Å². The summed E-state index contributed by atoms with van der Waals surface area (Å²) >= 11 is 0. The number of hydrogen-bond acceptors (Lipinski definition) is 5. The van der Waals surface area contributed by atoms with Crippen molar-refractivity contribution in [2.45, 2.75) is 20.3 Å². The van der Waals surface area contributed by atoms with Gasteiger partial charge in [-0.1, -0.05) is 36.8 Å². The Bertz CT molecular complexity index is 770. The number of nitrogens with one attached hydrogen (secondary N) is 1. The quantitative estimate of drug-likeness (QED) is 0.449. The third-order valence-corrected chi connectivity index (χ3v) is 3.34. The first kappa shape index (κ1) is 19.2. The van der Waals surface area contributed by atoms with Crippen LogP contribution in [0, 0.1) is 6.92 Å². The fourth-order valence-corrected chi connectivity index (χ4v) is 2.08. The van der Waals surface area contributed by atoms with Crippen molar-refractivity contribution >= 4 is 18.1 Å². The molecule has 0 fully saturated rings. The second-order valence-corrected chi connectivity index (χ2v) is 5.66. The van der Waals surface area contributed by atoms with Gasteiger partial charge in [-0.2, -0.15) is 5.10 Å². The summed E-state index contributed by atoms with van der Waals surface area (Å²) in [6.45, 7) is 4.13. The maximum Gasteiger partial charge on any atom is 0.338 e. The van der Waals surface area contributed by atoms with Gasteiger partial charge < -0.3 is 9.47 Å². The van der Waals surface area contributed by atoms with Gasteiger partial charge in [-0.3, -0.25) is 4.79 Å². The maximum atomic E-state index is 11.7. The number of hydrogen-bond donors (Lipinski definition) is 1. The topological polar surface area (TPSA) is 77.0 Å². The summed E-state index contributed by atoms with van der Waals surface area (Å²) in [4.78, 5) is 23.4. The van der Waals surface area contributed by atoms with E-state index in [0.717, 1.165) is 17.5 Å². The molecule has 2 rings (SSSR count). The lowest BCUT2D eigenvalue weighted by atomic mass is 10.2. The van der Waals surface area contributed by atoms with Gasteiger partial charge in [0, 0.05) is 0 Å². The van der Waals surface area contributed by atoms with E-state index >= 15 is 0 Å². The highest BCUT2D eigenvalue weighted by molar-refractivity contribution is 5.89. The molecule has 0 saturated heterocycles. The van der Waals surface area contributed by atoms with Crippen LogP contribution in [0.15, 0.2) is 53.6 Å². The fourth-order valence-electron chi connectivity index (χ4n) is 2.08. The number of esters is 1. The zero-order valence-corrected chi connectivity index (χ0v) is 14.9. The highest BCUT2D eigenvalue weighted by atomic mass is 16.5. The van der Waals surface area contributed by atoms with Crippen molar-refractivity contribution < 1.29 is 19.1 Å². The van der Waals surface area contributed by atoms with Crippen molar-refractivity contribution in [3.8, 4) is 5.75 Å². The molecule has 6 heteroatoms. The van der Waals surface area contributed by atoms with Gasteiger partial charge in [0.15, 0.2) is 6.61 Å². The number of ether oxygens (including phenoxy) is 2. The van der Waals surface area contributed by atoms with Crippen LogP contribution in [0.25, 0.3) is 0 Å². The number of hydrazone groups is 1. The molecule has 2 aromatic carbocycles. The van der Waals surface area contributed by atoms with Crippen LogP contribution in [0.4, 0.5) is 0 Å².